The molecule has 4 aromatic rings. The molecule has 2 N–H and O–H groups in total. The number of benzene rings is 2. The molecular formula is C37H50N6O6S4. The zero-order valence-corrected chi connectivity index (χ0v) is 34.4. The Morgan fingerprint density at radius 1 is 0.623 bits per heavy atom. The van der Waals surface area contributed by atoms with Crippen LogP contribution in [0, 0.1) is 11.8 Å². The normalized spacial score (nSPS) is 12.8. The van der Waals surface area contributed by atoms with Crippen LogP contribution < -0.4 is 10.6 Å². The molecule has 4 rings (SSSR count). The van der Waals surface area contributed by atoms with Crippen LogP contribution in [-0.4, -0.2) is 73.4 Å². The van der Waals surface area contributed by atoms with E-state index in [-0.39, 0.29) is 46.5 Å². The summed E-state index contributed by atoms with van der Waals surface area (Å²) in [5.74, 6) is -0.642. The number of hydrogen-bond donors (Lipinski definition) is 2. The van der Waals surface area contributed by atoms with Crippen LogP contribution in [0.2, 0.25) is 0 Å². The van der Waals surface area contributed by atoms with E-state index in [2.05, 4.69) is 20.6 Å². The van der Waals surface area contributed by atoms with Gasteiger partial charge in [0.2, 0.25) is 31.9 Å². The molecule has 53 heavy (non-hydrogen) atoms. The Hall–Kier alpha value is -3.54. The molecule has 0 saturated heterocycles. The fourth-order valence-electron chi connectivity index (χ4n) is 5.94. The third kappa shape index (κ3) is 10.4. The fourth-order valence-corrected chi connectivity index (χ4v) is 10.3. The van der Waals surface area contributed by atoms with Gasteiger partial charge in [0.15, 0.2) is 10.3 Å². The van der Waals surface area contributed by atoms with Crippen LogP contribution in [0.1, 0.15) is 73.6 Å². The van der Waals surface area contributed by atoms with Gasteiger partial charge in [-0.05, 0) is 56.4 Å². The summed E-state index contributed by atoms with van der Waals surface area (Å²) in [5.41, 5.74) is 2.76. The zero-order chi connectivity index (χ0) is 38.8. The number of nitrogens with zero attached hydrogens (tertiary/aromatic N) is 4. The van der Waals surface area contributed by atoms with Gasteiger partial charge in [0.05, 0.1) is 21.2 Å². The van der Waals surface area contributed by atoms with Crippen molar-refractivity contribution in [3.63, 3.8) is 0 Å². The summed E-state index contributed by atoms with van der Waals surface area (Å²) in [6, 6.07) is 13.1. The number of sulfonamides is 2. The molecule has 2 aromatic carbocycles. The minimum absolute atomic E-state index is 0.0521. The second-order valence-electron chi connectivity index (χ2n) is 12.4. The lowest BCUT2D eigenvalue weighted by atomic mass is 9.99. The van der Waals surface area contributed by atoms with Crippen LogP contribution in [0.5, 0.6) is 0 Å². The number of anilines is 2. The maximum Gasteiger partial charge on any atom is 0.243 e. The van der Waals surface area contributed by atoms with Crippen molar-refractivity contribution < 1.29 is 26.4 Å². The van der Waals surface area contributed by atoms with Gasteiger partial charge in [0.25, 0.3) is 0 Å². The Balaban J connectivity index is 1.32. The molecule has 0 spiro atoms. The zero-order valence-electron chi connectivity index (χ0n) is 31.2. The highest BCUT2D eigenvalue weighted by Crippen LogP contribution is 2.29. The van der Waals surface area contributed by atoms with E-state index in [0.29, 0.717) is 54.0 Å². The van der Waals surface area contributed by atoms with Gasteiger partial charge in [-0.3, -0.25) is 9.59 Å². The molecule has 0 aliphatic carbocycles. The maximum atomic E-state index is 13.6. The van der Waals surface area contributed by atoms with Crippen molar-refractivity contribution in [3.8, 4) is 22.5 Å². The van der Waals surface area contributed by atoms with E-state index in [4.69, 9.17) is 0 Å². The van der Waals surface area contributed by atoms with Crippen molar-refractivity contribution in [2.24, 2.45) is 11.8 Å². The molecule has 12 nitrogen and oxygen atoms in total. The summed E-state index contributed by atoms with van der Waals surface area (Å²) in [6.45, 7) is 12.6. The van der Waals surface area contributed by atoms with E-state index in [1.54, 1.807) is 69.3 Å². The lowest BCUT2D eigenvalue weighted by molar-refractivity contribution is -0.120. The first-order valence-corrected chi connectivity index (χ1v) is 22.7. The maximum absolute atomic E-state index is 13.6. The molecular weight excluding hydrogens is 753 g/mol. The predicted molar refractivity (Wildman–Crippen MR) is 214 cm³/mol. The molecule has 0 radical (unpaired) electrons. The van der Waals surface area contributed by atoms with E-state index in [1.165, 1.54) is 31.3 Å². The van der Waals surface area contributed by atoms with E-state index < -0.39 is 20.0 Å². The molecule has 2 amide bonds. The molecule has 0 fully saturated rings. The van der Waals surface area contributed by atoms with Crippen molar-refractivity contribution in [2.45, 2.75) is 83.4 Å². The topological polar surface area (TPSA) is 159 Å². The Morgan fingerprint density at radius 3 is 1.42 bits per heavy atom. The van der Waals surface area contributed by atoms with Crippen LogP contribution in [-0.2, 0) is 29.6 Å². The molecule has 288 valence electrons. The summed E-state index contributed by atoms with van der Waals surface area (Å²) in [6.07, 6.45) is 3.07. The fraction of sp³-hybridized carbons (Fsp3) is 0.459. The summed E-state index contributed by atoms with van der Waals surface area (Å²) in [5, 5.41) is 10.4. The monoisotopic (exact) mass is 802 g/mol. The number of carbonyl (C=O) groups is 2. The molecule has 0 bridgehead atoms. The van der Waals surface area contributed by atoms with Crippen LogP contribution in [0.15, 0.2) is 69.1 Å². The van der Waals surface area contributed by atoms with E-state index in [1.807, 2.05) is 31.5 Å². The molecule has 1 unspecified atom stereocenters. The van der Waals surface area contributed by atoms with Crippen molar-refractivity contribution in [2.75, 3.05) is 36.8 Å². The van der Waals surface area contributed by atoms with E-state index >= 15 is 0 Å². The summed E-state index contributed by atoms with van der Waals surface area (Å²) in [7, 11) is -7.34. The number of hydrogen-bond acceptors (Lipinski definition) is 10. The molecule has 0 aliphatic heterocycles. The Labute approximate surface area is 322 Å². The second-order valence-corrected chi connectivity index (χ2v) is 18.0. The van der Waals surface area contributed by atoms with Crippen LogP contribution in [0.4, 0.5) is 10.3 Å². The van der Waals surface area contributed by atoms with Gasteiger partial charge in [0.1, 0.15) is 0 Å². The standard InChI is InChI=1S/C37H50N6O6S4/c1-7-26(8-2)34(44)40-36-38-32(24-50-36)29-17-21-31(22-18-29)53(48,49)43(12-6)23-13-14-27(9-3)35(45)41-37-39-33(25-51-37)28-15-19-30(20-16-28)52(46,47)42(10-4)11-5/h15-22,24-27H,7-14,23H2,1-6H3,(H,38,40,44)(H,39,41,45). The number of rotatable bonds is 20. The first-order chi connectivity index (χ1) is 25.3. The average molecular weight is 803 g/mol. The Bertz CT molecular complexity index is 2020. The lowest BCUT2D eigenvalue weighted by Gasteiger charge is -2.22. The van der Waals surface area contributed by atoms with Crippen LogP contribution in [0.3, 0.4) is 0 Å². The van der Waals surface area contributed by atoms with Crippen molar-refractivity contribution >= 4 is 64.8 Å². The lowest BCUT2D eigenvalue weighted by Crippen LogP contribution is -2.32. The third-order valence-electron chi connectivity index (χ3n) is 9.28. The number of aromatic nitrogens is 2. The van der Waals surface area contributed by atoms with Crippen LogP contribution in [0.25, 0.3) is 22.5 Å². The van der Waals surface area contributed by atoms with Gasteiger partial charge in [-0.1, -0.05) is 65.8 Å². The molecule has 0 saturated carbocycles. The van der Waals surface area contributed by atoms with Gasteiger partial charge in [-0.25, -0.2) is 26.8 Å². The second kappa shape index (κ2) is 19.2. The van der Waals surface area contributed by atoms with Crippen molar-refractivity contribution in [1.82, 2.24) is 18.6 Å². The first kappa shape index (κ1) is 42.2. The molecule has 0 aliphatic rings. The van der Waals surface area contributed by atoms with E-state index in [9.17, 15) is 26.4 Å². The van der Waals surface area contributed by atoms with Crippen molar-refractivity contribution in [1.29, 1.82) is 0 Å². The quantitative estimate of drug-likeness (QED) is 0.0917. The number of amides is 2. The van der Waals surface area contributed by atoms with Gasteiger partial charge < -0.3 is 10.6 Å². The Kier molecular flexibility index (Phi) is 15.3. The molecule has 2 heterocycles. The molecule has 1 atom stereocenters. The summed E-state index contributed by atoms with van der Waals surface area (Å²) < 4.78 is 55.6. The van der Waals surface area contributed by atoms with Gasteiger partial charge in [-0.2, -0.15) is 8.61 Å². The molecule has 2 aromatic heterocycles. The van der Waals surface area contributed by atoms with Crippen molar-refractivity contribution in [3.05, 3.63) is 59.3 Å². The number of nitrogens with one attached hydrogen (secondary N) is 2. The Morgan fingerprint density at radius 2 is 1.02 bits per heavy atom. The van der Waals surface area contributed by atoms with Crippen LogP contribution >= 0.6 is 22.7 Å². The average Bonchev–Trinajstić information content (AvgIpc) is 3.82. The summed E-state index contributed by atoms with van der Waals surface area (Å²) >= 11 is 2.61. The minimum atomic E-state index is -3.78. The smallest absolute Gasteiger partial charge is 0.243 e. The minimum Gasteiger partial charge on any atom is -0.302 e. The number of thiazole rings is 2. The summed E-state index contributed by atoms with van der Waals surface area (Å²) in [4.78, 5) is 35.1. The SMILES string of the molecule is CCC(CC)C(=O)Nc1nc(-c2ccc(S(=O)(=O)N(CC)CCCC(CC)C(=O)Nc3nc(-c4ccc(S(=O)(=O)N(CC)CC)cc4)cs3)cc2)cs1. The highest BCUT2D eigenvalue weighted by Gasteiger charge is 2.25. The van der Waals surface area contributed by atoms with Gasteiger partial charge in [0, 0.05) is 59.9 Å². The highest BCUT2D eigenvalue weighted by atomic mass is 32.2. The third-order valence-corrected chi connectivity index (χ3v) is 14.9. The van der Waals surface area contributed by atoms with Gasteiger partial charge in [-0.15, -0.1) is 22.7 Å². The van der Waals surface area contributed by atoms with E-state index in [0.717, 1.165) is 24.0 Å². The largest absolute Gasteiger partial charge is 0.302 e. The molecule has 16 heteroatoms. The number of carbonyl (C=O) groups excluding carboxylic acids is 2. The highest BCUT2D eigenvalue weighted by molar-refractivity contribution is 7.89. The first-order valence-electron chi connectivity index (χ1n) is 18.1. The van der Waals surface area contributed by atoms with Gasteiger partial charge >= 0.3 is 0 Å². The predicted octanol–water partition coefficient (Wildman–Crippen LogP) is 7.79.